The number of carbonyl (C=O) groups is 1. The normalized spacial score (nSPS) is 10.3. The van der Waals surface area contributed by atoms with Crippen LogP contribution in [0.1, 0.15) is 5.56 Å². The molecule has 0 aliphatic heterocycles. The van der Waals surface area contributed by atoms with Gasteiger partial charge in [0, 0.05) is 12.0 Å². The Bertz CT molecular complexity index is 552. The second-order valence-electron chi connectivity index (χ2n) is 3.98. The molecule has 0 atom stereocenters. The Morgan fingerprint density at radius 1 is 1.06 bits per heavy atom. The van der Waals surface area contributed by atoms with E-state index < -0.39 is 0 Å². The quantitative estimate of drug-likeness (QED) is 0.765. The van der Waals surface area contributed by atoms with Crippen LogP contribution in [0.15, 0.2) is 48.5 Å². The van der Waals surface area contributed by atoms with Gasteiger partial charge in [0.25, 0.3) is 0 Å². The molecule has 0 bridgehead atoms. The highest BCUT2D eigenvalue weighted by molar-refractivity contribution is 6.27. The lowest BCUT2D eigenvalue weighted by atomic mass is 9.96. The zero-order valence-electron chi connectivity index (χ0n) is 9.70. The summed E-state index contributed by atoms with van der Waals surface area (Å²) in [6, 6.07) is 14.3. The molecule has 0 aliphatic rings. The Kier molecular flexibility index (Phi) is 4.11. The molecule has 0 fully saturated rings. The molecule has 0 amide bonds. The fraction of sp³-hybridized carbons (Fsp3) is 0.133. The second-order valence-corrected chi connectivity index (χ2v) is 4.25. The average Bonchev–Trinajstić information content (AvgIpc) is 2.42. The van der Waals surface area contributed by atoms with Gasteiger partial charge in [0.05, 0.1) is 5.88 Å². The van der Waals surface area contributed by atoms with Crippen LogP contribution in [-0.4, -0.2) is 11.7 Å². The molecule has 0 saturated carbocycles. The molecular formula is C15H12ClFO. The molecule has 92 valence electrons. The van der Waals surface area contributed by atoms with E-state index in [4.69, 9.17) is 11.6 Å². The summed E-state index contributed by atoms with van der Waals surface area (Å²) >= 11 is 5.48. The van der Waals surface area contributed by atoms with E-state index >= 15 is 0 Å². The molecule has 0 N–H and O–H groups in total. The lowest BCUT2D eigenvalue weighted by Gasteiger charge is -2.09. The summed E-state index contributed by atoms with van der Waals surface area (Å²) in [4.78, 5) is 11.4. The van der Waals surface area contributed by atoms with Crippen molar-refractivity contribution in [1.82, 2.24) is 0 Å². The number of hydrogen-bond donors (Lipinski definition) is 0. The summed E-state index contributed by atoms with van der Waals surface area (Å²) in [6.07, 6.45) is 0.0282. The SMILES string of the molecule is O=C(CCl)Cc1c(F)cccc1-c1ccccc1. The first-order chi connectivity index (χ1) is 8.72. The number of carbonyl (C=O) groups excluding carboxylic acids is 1. The van der Waals surface area contributed by atoms with E-state index in [-0.39, 0.29) is 23.9 Å². The van der Waals surface area contributed by atoms with Crippen LogP contribution in [0.2, 0.25) is 0 Å². The number of Topliss-reactive ketones (excluding diaryl/α,β-unsaturated/α-hetero) is 1. The summed E-state index contributed by atoms with van der Waals surface area (Å²) < 4.78 is 13.8. The number of benzene rings is 2. The number of ketones is 1. The molecule has 18 heavy (non-hydrogen) atoms. The maximum atomic E-state index is 13.8. The van der Waals surface area contributed by atoms with E-state index in [9.17, 15) is 9.18 Å². The van der Waals surface area contributed by atoms with Crippen molar-refractivity contribution in [2.24, 2.45) is 0 Å². The van der Waals surface area contributed by atoms with Crippen LogP contribution in [0.4, 0.5) is 4.39 Å². The van der Waals surface area contributed by atoms with Crippen molar-refractivity contribution >= 4 is 17.4 Å². The molecule has 2 aromatic carbocycles. The zero-order chi connectivity index (χ0) is 13.0. The Morgan fingerprint density at radius 2 is 1.78 bits per heavy atom. The third-order valence-electron chi connectivity index (χ3n) is 2.73. The molecular weight excluding hydrogens is 251 g/mol. The maximum Gasteiger partial charge on any atom is 0.152 e. The summed E-state index contributed by atoms with van der Waals surface area (Å²) in [5.41, 5.74) is 2.05. The van der Waals surface area contributed by atoms with E-state index in [0.717, 1.165) is 11.1 Å². The van der Waals surface area contributed by atoms with Crippen molar-refractivity contribution in [1.29, 1.82) is 0 Å². The number of rotatable bonds is 4. The average molecular weight is 263 g/mol. The lowest BCUT2D eigenvalue weighted by Crippen LogP contribution is -2.07. The first-order valence-corrected chi connectivity index (χ1v) is 6.16. The minimum Gasteiger partial charge on any atom is -0.298 e. The van der Waals surface area contributed by atoms with Crippen LogP contribution in [0.3, 0.4) is 0 Å². The van der Waals surface area contributed by atoms with Gasteiger partial charge >= 0.3 is 0 Å². The Labute approximate surface area is 110 Å². The van der Waals surface area contributed by atoms with Crippen molar-refractivity contribution in [3.8, 4) is 11.1 Å². The van der Waals surface area contributed by atoms with Crippen molar-refractivity contribution in [2.75, 3.05) is 5.88 Å². The summed E-state index contributed by atoms with van der Waals surface area (Å²) in [5, 5.41) is 0. The van der Waals surface area contributed by atoms with E-state index in [1.807, 2.05) is 36.4 Å². The summed E-state index contributed by atoms with van der Waals surface area (Å²) in [5.74, 6) is -0.642. The highest BCUT2D eigenvalue weighted by Crippen LogP contribution is 2.26. The molecule has 0 saturated heterocycles. The predicted molar refractivity (Wildman–Crippen MR) is 71.3 cm³/mol. The molecule has 2 aromatic rings. The van der Waals surface area contributed by atoms with Gasteiger partial charge < -0.3 is 0 Å². The van der Waals surface area contributed by atoms with E-state index in [1.165, 1.54) is 6.07 Å². The number of hydrogen-bond acceptors (Lipinski definition) is 1. The van der Waals surface area contributed by atoms with Crippen LogP contribution in [0, 0.1) is 5.82 Å². The fourth-order valence-corrected chi connectivity index (χ4v) is 1.97. The van der Waals surface area contributed by atoms with Gasteiger partial charge in [0.15, 0.2) is 5.78 Å². The van der Waals surface area contributed by atoms with Crippen LogP contribution < -0.4 is 0 Å². The highest BCUT2D eigenvalue weighted by atomic mass is 35.5. The van der Waals surface area contributed by atoms with Gasteiger partial charge in [-0.3, -0.25) is 4.79 Å². The molecule has 0 spiro atoms. The van der Waals surface area contributed by atoms with Gasteiger partial charge in [0.2, 0.25) is 0 Å². The van der Waals surface area contributed by atoms with Crippen LogP contribution in [-0.2, 0) is 11.2 Å². The molecule has 0 aliphatic carbocycles. The summed E-state index contributed by atoms with van der Waals surface area (Å²) in [7, 11) is 0. The highest BCUT2D eigenvalue weighted by Gasteiger charge is 2.13. The first-order valence-electron chi connectivity index (χ1n) is 5.63. The molecule has 0 heterocycles. The predicted octanol–water partition coefficient (Wildman–Crippen LogP) is 3.84. The molecule has 2 rings (SSSR count). The first kappa shape index (κ1) is 12.8. The van der Waals surface area contributed by atoms with E-state index in [2.05, 4.69) is 0 Å². The van der Waals surface area contributed by atoms with Gasteiger partial charge in [-0.15, -0.1) is 11.6 Å². The van der Waals surface area contributed by atoms with Gasteiger partial charge in [0.1, 0.15) is 5.82 Å². The maximum absolute atomic E-state index is 13.8. The fourth-order valence-electron chi connectivity index (χ4n) is 1.87. The lowest BCUT2D eigenvalue weighted by molar-refractivity contribution is -0.116. The Hall–Kier alpha value is -1.67. The Morgan fingerprint density at radius 3 is 2.44 bits per heavy atom. The molecule has 0 aromatic heterocycles. The number of alkyl halides is 1. The van der Waals surface area contributed by atoms with Gasteiger partial charge in [-0.1, -0.05) is 42.5 Å². The van der Waals surface area contributed by atoms with Gasteiger partial charge in [-0.25, -0.2) is 4.39 Å². The van der Waals surface area contributed by atoms with Gasteiger partial charge in [-0.2, -0.15) is 0 Å². The van der Waals surface area contributed by atoms with E-state index in [1.54, 1.807) is 6.07 Å². The van der Waals surface area contributed by atoms with Crippen molar-refractivity contribution in [2.45, 2.75) is 6.42 Å². The second kappa shape index (κ2) is 5.78. The molecule has 3 heteroatoms. The number of halogens is 2. The molecule has 0 radical (unpaired) electrons. The molecule has 0 unspecified atom stereocenters. The third kappa shape index (κ3) is 2.77. The van der Waals surface area contributed by atoms with E-state index in [0.29, 0.717) is 5.56 Å². The smallest absolute Gasteiger partial charge is 0.152 e. The summed E-state index contributed by atoms with van der Waals surface area (Å²) in [6.45, 7) is 0. The topological polar surface area (TPSA) is 17.1 Å². The largest absolute Gasteiger partial charge is 0.298 e. The Balaban J connectivity index is 2.48. The van der Waals surface area contributed by atoms with Crippen molar-refractivity contribution in [3.63, 3.8) is 0 Å². The standard InChI is InChI=1S/C15H12ClFO/c16-10-12(18)9-14-13(7-4-8-15(14)17)11-5-2-1-3-6-11/h1-8H,9-10H2. The van der Waals surface area contributed by atoms with Crippen molar-refractivity contribution in [3.05, 3.63) is 59.9 Å². The van der Waals surface area contributed by atoms with Crippen LogP contribution >= 0.6 is 11.6 Å². The van der Waals surface area contributed by atoms with Crippen LogP contribution in [0.25, 0.3) is 11.1 Å². The minimum absolute atomic E-state index is 0.0282. The monoisotopic (exact) mass is 262 g/mol. The zero-order valence-corrected chi connectivity index (χ0v) is 10.5. The van der Waals surface area contributed by atoms with Gasteiger partial charge in [-0.05, 0) is 17.2 Å². The third-order valence-corrected chi connectivity index (χ3v) is 3.02. The minimum atomic E-state index is -0.366. The van der Waals surface area contributed by atoms with Crippen LogP contribution in [0.5, 0.6) is 0 Å². The van der Waals surface area contributed by atoms with Crippen molar-refractivity contribution < 1.29 is 9.18 Å². The molecule has 1 nitrogen and oxygen atoms in total.